The summed E-state index contributed by atoms with van der Waals surface area (Å²) in [5.74, 6) is -1.45. The van der Waals surface area contributed by atoms with Gasteiger partial charge in [-0.3, -0.25) is 4.79 Å². The minimum atomic E-state index is -1.01. The van der Waals surface area contributed by atoms with Crippen molar-refractivity contribution in [1.82, 2.24) is 10.4 Å². The summed E-state index contributed by atoms with van der Waals surface area (Å²) >= 11 is 0. The van der Waals surface area contributed by atoms with Crippen LogP contribution in [0.15, 0.2) is 28.3 Å². The number of fused-ring (bicyclic) bond motifs is 1. The van der Waals surface area contributed by atoms with Crippen LogP contribution < -0.4 is 0 Å². The summed E-state index contributed by atoms with van der Waals surface area (Å²) in [5, 5.41) is 16.1. The molecule has 0 amide bonds. The lowest BCUT2D eigenvalue weighted by atomic mass is 10.1. The number of hydrogen-bond acceptors (Lipinski definition) is 9. The zero-order valence-electron chi connectivity index (χ0n) is 11.9. The normalized spacial score (nSPS) is 11.3. The SMILES string of the molecule is CC(=O)/C(=C/c1cccc2onnc12)C(=O)OCCO[N+](=O)[O-]. The van der Waals surface area contributed by atoms with Crippen molar-refractivity contribution in [2.45, 2.75) is 6.92 Å². The number of carbonyl (C=O) groups is 2. The van der Waals surface area contributed by atoms with Crippen LogP contribution in [-0.4, -0.2) is 40.4 Å². The molecule has 0 atom stereocenters. The number of ether oxygens (including phenoxy) is 1. The van der Waals surface area contributed by atoms with E-state index in [1.165, 1.54) is 13.0 Å². The molecule has 0 aliphatic rings. The van der Waals surface area contributed by atoms with Crippen molar-refractivity contribution >= 4 is 28.9 Å². The van der Waals surface area contributed by atoms with E-state index < -0.39 is 23.4 Å². The first kappa shape index (κ1) is 16.1. The highest BCUT2D eigenvalue weighted by atomic mass is 17.0. The lowest BCUT2D eigenvalue weighted by molar-refractivity contribution is -0.757. The van der Waals surface area contributed by atoms with Gasteiger partial charge in [0.05, 0.1) is 0 Å². The van der Waals surface area contributed by atoms with Crippen LogP contribution in [0.3, 0.4) is 0 Å². The molecule has 1 heterocycles. The molecule has 2 rings (SSSR count). The van der Waals surface area contributed by atoms with Crippen LogP contribution in [0.25, 0.3) is 17.2 Å². The van der Waals surface area contributed by atoms with Crippen molar-refractivity contribution in [2.75, 3.05) is 13.2 Å². The van der Waals surface area contributed by atoms with Crippen LogP contribution in [0.5, 0.6) is 0 Å². The minimum Gasteiger partial charge on any atom is -0.460 e. The van der Waals surface area contributed by atoms with Gasteiger partial charge < -0.3 is 14.1 Å². The average Bonchev–Trinajstić information content (AvgIpc) is 2.97. The van der Waals surface area contributed by atoms with Gasteiger partial charge in [0, 0.05) is 10.8 Å². The first-order valence-corrected chi connectivity index (χ1v) is 6.37. The van der Waals surface area contributed by atoms with Crippen molar-refractivity contribution in [3.05, 3.63) is 39.4 Å². The third-order valence-electron chi connectivity index (χ3n) is 2.72. The third kappa shape index (κ3) is 4.09. The van der Waals surface area contributed by atoms with Crippen molar-refractivity contribution in [3.63, 3.8) is 0 Å². The second-order valence-corrected chi connectivity index (χ2v) is 4.27. The van der Waals surface area contributed by atoms with Gasteiger partial charge in [-0.2, -0.15) is 0 Å². The number of rotatable bonds is 7. The Bertz CT molecular complexity index is 781. The monoisotopic (exact) mass is 321 g/mol. The molecule has 10 heteroatoms. The van der Waals surface area contributed by atoms with Crippen LogP contribution in [0.1, 0.15) is 12.5 Å². The van der Waals surface area contributed by atoms with Gasteiger partial charge in [0.1, 0.15) is 24.3 Å². The average molecular weight is 321 g/mol. The van der Waals surface area contributed by atoms with Gasteiger partial charge in [-0.15, -0.1) is 15.2 Å². The molecule has 1 aromatic heterocycles. The molecule has 120 valence electrons. The molecule has 0 spiro atoms. The Morgan fingerprint density at radius 2 is 2.17 bits per heavy atom. The number of ketones is 1. The maximum absolute atomic E-state index is 11.9. The summed E-state index contributed by atoms with van der Waals surface area (Å²) in [6.07, 6.45) is 1.30. The van der Waals surface area contributed by atoms with Gasteiger partial charge in [-0.05, 0) is 19.1 Å². The maximum atomic E-state index is 11.9. The van der Waals surface area contributed by atoms with E-state index in [-0.39, 0.29) is 12.2 Å². The predicted octanol–water partition coefficient (Wildman–Crippen LogP) is 0.947. The largest absolute Gasteiger partial charge is 0.460 e. The second-order valence-electron chi connectivity index (χ2n) is 4.27. The van der Waals surface area contributed by atoms with E-state index in [9.17, 15) is 19.7 Å². The topological polar surface area (TPSA) is 135 Å². The number of carbonyl (C=O) groups excluding carboxylic acids is 2. The van der Waals surface area contributed by atoms with Crippen molar-refractivity contribution in [3.8, 4) is 0 Å². The number of benzene rings is 1. The number of aromatic nitrogens is 2. The molecule has 0 fully saturated rings. The minimum absolute atomic E-state index is 0.235. The van der Waals surface area contributed by atoms with Gasteiger partial charge in [-0.1, -0.05) is 12.1 Å². The van der Waals surface area contributed by atoms with E-state index in [1.54, 1.807) is 18.2 Å². The molecule has 0 N–H and O–H groups in total. The summed E-state index contributed by atoms with van der Waals surface area (Å²) in [6.45, 7) is 0.411. The third-order valence-corrected chi connectivity index (χ3v) is 2.72. The fraction of sp³-hybridized carbons (Fsp3) is 0.231. The van der Waals surface area contributed by atoms with Gasteiger partial charge >= 0.3 is 5.97 Å². The lowest BCUT2D eigenvalue weighted by Gasteiger charge is -2.05. The summed E-state index contributed by atoms with van der Waals surface area (Å²) in [5.41, 5.74) is 0.999. The molecule has 0 aliphatic heterocycles. The summed E-state index contributed by atoms with van der Waals surface area (Å²) in [7, 11) is 0. The number of hydrogen-bond donors (Lipinski definition) is 0. The second kappa shape index (κ2) is 7.11. The van der Waals surface area contributed by atoms with Crippen molar-refractivity contribution in [2.24, 2.45) is 0 Å². The molecule has 0 unspecified atom stereocenters. The van der Waals surface area contributed by atoms with Crippen LogP contribution >= 0.6 is 0 Å². The number of esters is 1. The molecule has 0 radical (unpaired) electrons. The van der Waals surface area contributed by atoms with Crippen LogP contribution in [0.2, 0.25) is 0 Å². The Morgan fingerprint density at radius 1 is 1.39 bits per heavy atom. The quantitative estimate of drug-likeness (QED) is 0.139. The Labute approximate surface area is 128 Å². The van der Waals surface area contributed by atoms with E-state index in [0.29, 0.717) is 16.7 Å². The molecule has 1 aromatic carbocycles. The van der Waals surface area contributed by atoms with Gasteiger partial charge in [0.25, 0.3) is 5.09 Å². The molecule has 0 aliphatic carbocycles. The van der Waals surface area contributed by atoms with E-state index in [0.717, 1.165) is 0 Å². The Kier molecular flexibility index (Phi) is 4.97. The van der Waals surface area contributed by atoms with E-state index in [1.807, 2.05) is 0 Å². The van der Waals surface area contributed by atoms with Crippen molar-refractivity contribution < 1.29 is 28.8 Å². The number of Topliss-reactive ketones (excluding diaryl/α,β-unsaturated/α-hetero) is 1. The van der Waals surface area contributed by atoms with Gasteiger partial charge in [-0.25, -0.2) is 4.79 Å². The molecule has 23 heavy (non-hydrogen) atoms. The molecule has 0 saturated heterocycles. The number of nitrogens with zero attached hydrogens (tertiary/aromatic N) is 3. The molecular formula is C13H11N3O7. The maximum Gasteiger partial charge on any atom is 0.341 e. The summed E-state index contributed by atoms with van der Waals surface area (Å²) in [6, 6.07) is 4.90. The fourth-order valence-electron chi connectivity index (χ4n) is 1.73. The Hall–Kier alpha value is -3.30. The van der Waals surface area contributed by atoms with E-state index in [2.05, 4.69) is 15.2 Å². The molecular weight excluding hydrogens is 310 g/mol. The summed E-state index contributed by atoms with van der Waals surface area (Å²) < 4.78 is 9.66. The van der Waals surface area contributed by atoms with E-state index in [4.69, 9.17) is 9.26 Å². The zero-order chi connectivity index (χ0) is 16.8. The van der Waals surface area contributed by atoms with Crippen LogP contribution in [-0.2, 0) is 19.2 Å². The fourth-order valence-corrected chi connectivity index (χ4v) is 1.73. The zero-order valence-corrected chi connectivity index (χ0v) is 11.9. The Balaban J connectivity index is 2.17. The highest BCUT2D eigenvalue weighted by Gasteiger charge is 2.17. The molecule has 2 aromatic rings. The van der Waals surface area contributed by atoms with Gasteiger partial charge in [0.15, 0.2) is 11.4 Å². The lowest BCUT2D eigenvalue weighted by Crippen LogP contribution is -2.17. The first-order chi connectivity index (χ1) is 11.0. The predicted molar refractivity (Wildman–Crippen MR) is 74.4 cm³/mol. The molecule has 0 saturated carbocycles. The Morgan fingerprint density at radius 3 is 2.87 bits per heavy atom. The van der Waals surface area contributed by atoms with Crippen molar-refractivity contribution in [1.29, 1.82) is 0 Å². The summed E-state index contributed by atoms with van der Waals surface area (Å²) in [4.78, 5) is 37.5. The van der Waals surface area contributed by atoms with E-state index >= 15 is 0 Å². The smallest absolute Gasteiger partial charge is 0.341 e. The van der Waals surface area contributed by atoms with Crippen LogP contribution in [0, 0.1) is 10.1 Å². The molecule has 0 bridgehead atoms. The highest BCUT2D eigenvalue weighted by molar-refractivity contribution is 6.20. The van der Waals surface area contributed by atoms with Crippen LogP contribution in [0.4, 0.5) is 0 Å². The van der Waals surface area contributed by atoms with Gasteiger partial charge in [0.2, 0.25) is 0 Å². The highest BCUT2D eigenvalue weighted by Crippen LogP contribution is 2.19. The molecule has 10 nitrogen and oxygen atoms in total. The standard InChI is InChI=1S/C13H11N3O7/c1-8(17)10(13(18)21-5-6-22-16(19)20)7-9-3-2-4-11-12(9)14-15-23-11/h2-4,7H,5-6H2,1H3/b10-7-. The first-order valence-electron chi connectivity index (χ1n) is 6.37.